The van der Waals surface area contributed by atoms with Gasteiger partial charge in [-0.15, -0.1) is 24.0 Å². The molecule has 0 aliphatic rings. The predicted octanol–water partition coefficient (Wildman–Crippen LogP) is 3.27. The zero-order valence-electron chi connectivity index (χ0n) is 16.6. The lowest BCUT2D eigenvalue weighted by atomic mass is 10.2. The molecule has 0 unspecified atom stereocenters. The van der Waals surface area contributed by atoms with Crippen LogP contribution in [0.4, 0.5) is 10.1 Å². The summed E-state index contributed by atoms with van der Waals surface area (Å²) in [4.78, 5) is 16.1. The van der Waals surface area contributed by atoms with Crippen molar-refractivity contribution in [2.45, 2.75) is 6.92 Å². The van der Waals surface area contributed by atoms with Crippen LogP contribution >= 0.6 is 24.0 Å². The summed E-state index contributed by atoms with van der Waals surface area (Å²) < 4.78 is 24.4. The predicted molar refractivity (Wildman–Crippen MR) is 123 cm³/mol. The highest BCUT2D eigenvalue weighted by atomic mass is 127. The Bertz CT molecular complexity index is 833. The van der Waals surface area contributed by atoms with E-state index in [0.717, 1.165) is 5.69 Å². The maximum atomic E-state index is 13.6. The van der Waals surface area contributed by atoms with Gasteiger partial charge in [-0.05, 0) is 31.2 Å². The zero-order valence-corrected chi connectivity index (χ0v) is 19.0. The molecule has 0 saturated heterocycles. The molecule has 29 heavy (non-hydrogen) atoms. The monoisotopic (exact) mass is 516 g/mol. The Kier molecular flexibility index (Phi) is 10.8. The summed E-state index contributed by atoms with van der Waals surface area (Å²) in [5, 5.41) is 8.87. The van der Waals surface area contributed by atoms with Crippen molar-refractivity contribution >= 4 is 41.5 Å². The van der Waals surface area contributed by atoms with Crippen LogP contribution in [0.15, 0.2) is 47.5 Å². The van der Waals surface area contributed by atoms with Crippen molar-refractivity contribution in [3.05, 3.63) is 53.8 Å². The molecule has 0 atom stereocenters. The highest BCUT2D eigenvalue weighted by Gasteiger charge is 2.10. The van der Waals surface area contributed by atoms with E-state index in [1.54, 1.807) is 32.4 Å². The van der Waals surface area contributed by atoms with Gasteiger partial charge in [0.1, 0.15) is 5.82 Å². The zero-order chi connectivity index (χ0) is 20.4. The lowest BCUT2D eigenvalue weighted by molar-refractivity contribution is 0.0950. The standard InChI is InChI=1S/C20H25FN4O3.HI/c1-4-28-17-10-9-14(13-18(17)27-3)25-20(22-2)24-12-11-23-19(26)15-7-5-6-8-16(15)21;/h5-10,13H,4,11-12H2,1-3H3,(H,23,26)(H2,22,24,25);1H. The average Bonchev–Trinajstić information content (AvgIpc) is 2.71. The van der Waals surface area contributed by atoms with Gasteiger partial charge in [0.05, 0.1) is 19.3 Å². The van der Waals surface area contributed by atoms with Crippen LogP contribution in [0.3, 0.4) is 0 Å². The molecule has 1 amide bonds. The maximum absolute atomic E-state index is 13.6. The van der Waals surface area contributed by atoms with Crippen molar-refractivity contribution in [1.29, 1.82) is 0 Å². The Morgan fingerprint density at radius 1 is 1.10 bits per heavy atom. The first kappa shape index (κ1) is 24.5. The highest BCUT2D eigenvalue weighted by molar-refractivity contribution is 14.0. The van der Waals surface area contributed by atoms with Gasteiger partial charge >= 0.3 is 0 Å². The number of carbonyl (C=O) groups excluding carboxylic acids is 1. The van der Waals surface area contributed by atoms with Crippen molar-refractivity contribution in [2.24, 2.45) is 4.99 Å². The van der Waals surface area contributed by atoms with E-state index in [1.807, 2.05) is 19.1 Å². The second-order valence-electron chi connectivity index (χ2n) is 5.66. The van der Waals surface area contributed by atoms with Crippen LogP contribution in [0.1, 0.15) is 17.3 Å². The Hall–Kier alpha value is -2.56. The lowest BCUT2D eigenvalue weighted by Crippen LogP contribution is -2.38. The molecule has 0 radical (unpaired) electrons. The lowest BCUT2D eigenvalue weighted by Gasteiger charge is -2.15. The van der Waals surface area contributed by atoms with Crippen LogP contribution in [-0.2, 0) is 0 Å². The number of methoxy groups -OCH3 is 1. The smallest absolute Gasteiger partial charge is 0.254 e. The largest absolute Gasteiger partial charge is 0.493 e. The van der Waals surface area contributed by atoms with Gasteiger partial charge < -0.3 is 25.4 Å². The molecule has 0 aliphatic carbocycles. The van der Waals surface area contributed by atoms with Crippen LogP contribution in [-0.4, -0.2) is 45.7 Å². The molecule has 2 aromatic rings. The topological polar surface area (TPSA) is 84.0 Å². The van der Waals surface area contributed by atoms with Crippen LogP contribution in [0, 0.1) is 5.82 Å². The molecule has 2 aromatic carbocycles. The van der Waals surface area contributed by atoms with Gasteiger partial charge in [0.2, 0.25) is 0 Å². The Labute approximate surface area is 187 Å². The summed E-state index contributed by atoms with van der Waals surface area (Å²) in [5.41, 5.74) is 0.787. The van der Waals surface area contributed by atoms with Crippen molar-refractivity contribution in [3.8, 4) is 11.5 Å². The molecule has 0 spiro atoms. The van der Waals surface area contributed by atoms with Crippen molar-refractivity contribution in [3.63, 3.8) is 0 Å². The Morgan fingerprint density at radius 2 is 1.83 bits per heavy atom. The van der Waals surface area contributed by atoms with Crippen molar-refractivity contribution < 1.29 is 18.7 Å². The minimum absolute atomic E-state index is 0. The molecule has 2 rings (SSSR count). The van der Waals surface area contributed by atoms with E-state index in [0.29, 0.717) is 37.2 Å². The van der Waals surface area contributed by atoms with Crippen LogP contribution in [0.2, 0.25) is 0 Å². The third-order valence-electron chi connectivity index (χ3n) is 3.77. The van der Waals surface area contributed by atoms with E-state index in [9.17, 15) is 9.18 Å². The number of halogens is 2. The summed E-state index contributed by atoms with van der Waals surface area (Å²) in [6.07, 6.45) is 0. The number of nitrogens with one attached hydrogen (secondary N) is 3. The van der Waals surface area contributed by atoms with Gasteiger partial charge in [-0.3, -0.25) is 9.79 Å². The van der Waals surface area contributed by atoms with E-state index in [1.165, 1.54) is 12.1 Å². The number of hydrogen-bond acceptors (Lipinski definition) is 4. The summed E-state index contributed by atoms with van der Waals surface area (Å²) in [6.45, 7) is 3.17. The number of benzene rings is 2. The van der Waals surface area contributed by atoms with Gasteiger partial charge in [0.25, 0.3) is 5.91 Å². The molecule has 158 valence electrons. The van der Waals surface area contributed by atoms with Crippen LogP contribution in [0.25, 0.3) is 0 Å². The van der Waals surface area contributed by atoms with Gasteiger partial charge in [-0.25, -0.2) is 4.39 Å². The number of rotatable bonds is 8. The van der Waals surface area contributed by atoms with Gasteiger partial charge in [-0.2, -0.15) is 0 Å². The summed E-state index contributed by atoms with van der Waals surface area (Å²) in [7, 11) is 3.21. The van der Waals surface area contributed by atoms with Crippen LogP contribution < -0.4 is 25.4 Å². The molecule has 9 heteroatoms. The fraction of sp³-hybridized carbons (Fsp3) is 0.300. The molecule has 3 N–H and O–H groups in total. The van der Waals surface area contributed by atoms with E-state index < -0.39 is 11.7 Å². The van der Waals surface area contributed by atoms with Gasteiger partial charge in [0, 0.05) is 31.9 Å². The Morgan fingerprint density at radius 3 is 2.48 bits per heavy atom. The minimum Gasteiger partial charge on any atom is -0.493 e. The molecular formula is C20H26FIN4O3. The number of aliphatic imine (C=N–C) groups is 1. The molecule has 0 heterocycles. The van der Waals surface area contributed by atoms with E-state index in [2.05, 4.69) is 20.9 Å². The molecule has 0 aliphatic heterocycles. The first-order chi connectivity index (χ1) is 13.6. The van der Waals surface area contributed by atoms with Crippen LogP contribution in [0.5, 0.6) is 11.5 Å². The molecule has 0 fully saturated rings. The highest BCUT2D eigenvalue weighted by Crippen LogP contribution is 2.30. The van der Waals surface area contributed by atoms with E-state index in [-0.39, 0.29) is 29.5 Å². The molecule has 7 nitrogen and oxygen atoms in total. The van der Waals surface area contributed by atoms with E-state index in [4.69, 9.17) is 9.47 Å². The maximum Gasteiger partial charge on any atom is 0.254 e. The minimum atomic E-state index is -0.546. The molecule has 0 bridgehead atoms. The van der Waals surface area contributed by atoms with Crippen molar-refractivity contribution in [2.75, 3.05) is 39.2 Å². The Balaban J connectivity index is 0.00000420. The second-order valence-corrected chi connectivity index (χ2v) is 5.66. The van der Waals surface area contributed by atoms with Gasteiger partial charge in [0.15, 0.2) is 17.5 Å². The number of amides is 1. The van der Waals surface area contributed by atoms with Gasteiger partial charge in [-0.1, -0.05) is 12.1 Å². The number of ether oxygens (including phenoxy) is 2. The second kappa shape index (κ2) is 12.8. The first-order valence-corrected chi connectivity index (χ1v) is 8.90. The molecular weight excluding hydrogens is 490 g/mol. The summed E-state index contributed by atoms with van der Waals surface area (Å²) in [6, 6.07) is 11.3. The average molecular weight is 516 g/mol. The quantitative estimate of drug-likeness (QED) is 0.217. The number of guanidine groups is 1. The fourth-order valence-electron chi connectivity index (χ4n) is 2.43. The fourth-order valence-corrected chi connectivity index (χ4v) is 2.43. The molecule has 0 aromatic heterocycles. The third kappa shape index (κ3) is 7.41. The SMILES string of the molecule is CCOc1ccc(NC(=NC)NCCNC(=O)c2ccccc2F)cc1OC.I. The van der Waals surface area contributed by atoms with E-state index >= 15 is 0 Å². The number of nitrogens with zero attached hydrogens (tertiary/aromatic N) is 1. The molecule has 0 saturated carbocycles. The number of carbonyl (C=O) groups is 1. The number of hydrogen-bond donors (Lipinski definition) is 3. The summed E-state index contributed by atoms with van der Waals surface area (Å²) in [5.74, 6) is 0.786. The normalized spacial score (nSPS) is 10.6. The third-order valence-corrected chi connectivity index (χ3v) is 3.77. The first-order valence-electron chi connectivity index (χ1n) is 8.90. The van der Waals surface area contributed by atoms with Crippen molar-refractivity contribution in [1.82, 2.24) is 10.6 Å². The summed E-state index contributed by atoms with van der Waals surface area (Å²) >= 11 is 0. The number of anilines is 1.